The van der Waals surface area contributed by atoms with E-state index in [1.165, 1.54) is 71.0 Å². The summed E-state index contributed by atoms with van der Waals surface area (Å²) in [5, 5.41) is 7.98. The van der Waals surface area contributed by atoms with Crippen LogP contribution in [0.25, 0.3) is 65.4 Å². The summed E-state index contributed by atoms with van der Waals surface area (Å²) in [6, 6.07) is 37.9. The highest BCUT2D eigenvalue weighted by Gasteiger charge is 2.20. The van der Waals surface area contributed by atoms with Crippen molar-refractivity contribution < 1.29 is 0 Å². The van der Waals surface area contributed by atoms with Crippen LogP contribution in [-0.4, -0.2) is 13.7 Å². The number of nitrogens with zero attached hydrogens (tertiary/aromatic N) is 3. The molecule has 0 fully saturated rings. The summed E-state index contributed by atoms with van der Waals surface area (Å²) >= 11 is 0. The number of para-hydroxylation sites is 3. The van der Waals surface area contributed by atoms with Crippen LogP contribution >= 0.6 is 0 Å². The fraction of sp³-hybridized carbons (Fsp3) is 0.118. The van der Waals surface area contributed by atoms with E-state index in [1.807, 2.05) is 0 Å². The van der Waals surface area contributed by atoms with Crippen LogP contribution in [0.4, 0.5) is 0 Å². The molecule has 3 heteroatoms. The number of hydrogen-bond acceptors (Lipinski definition) is 0. The third-order valence-corrected chi connectivity index (χ3v) is 8.33. The van der Waals surface area contributed by atoms with Crippen LogP contribution in [-0.2, 0) is 20.1 Å². The number of rotatable bonds is 3. The maximum atomic E-state index is 2.56. The minimum Gasteiger partial charge on any atom is -0.344 e. The topological polar surface area (TPSA) is 14.8 Å². The zero-order chi connectivity index (χ0) is 24.7. The molecule has 0 spiro atoms. The van der Waals surface area contributed by atoms with E-state index in [-0.39, 0.29) is 0 Å². The van der Waals surface area contributed by atoms with Crippen molar-refractivity contribution >= 4 is 65.4 Å². The Balaban J connectivity index is 1.52. The summed E-state index contributed by atoms with van der Waals surface area (Å²) in [6.07, 6.45) is 0. The zero-order valence-corrected chi connectivity index (χ0v) is 21.1. The van der Waals surface area contributed by atoms with Gasteiger partial charge in [0.05, 0.1) is 11.0 Å². The van der Waals surface area contributed by atoms with Gasteiger partial charge in [-0.25, -0.2) is 0 Å². The highest BCUT2D eigenvalue weighted by Crippen LogP contribution is 2.40. The Morgan fingerprint density at radius 3 is 1.70 bits per heavy atom. The fourth-order valence-corrected chi connectivity index (χ4v) is 6.75. The second-order valence-corrected chi connectivity index (χ2v) is 10.1. The summed E-state index contributed by atoms with van der Waals surface area (Å²) < 4.78 is 7.39. The molecule has 0 aliphatic heterocycles. The molecule has 8 aromatic rings. The SMILES string of the molecule is CCn1c2ccccc2c2ccc3c4ccccc4n(Cc4cccc5c4c4ccccc4n5C)c3c21. The van der Waals surface area contributed by atoms with E-state index in [1.54, 1.807) is 0 Å². The molecule has 3 nitrogen and oxygen atoms in total. The standard InChI is InChI=1S/C34H27N3/c1-3-36-29-16-8-4-12-23(29)25-19-20-26-24-13-5-9-17-30(24)37(34(26)33(25)36)21-22-11-10-18-31-32(22)27-14-6-7-15-28(27)35(31)2/h4-20H,3,21H2,1-2H3. The van der Waals surface area contributed by atoms with Crippen molar-refractivity contribution in [2.45, 2.75) is 20.0 Å². The Bertz CT molecular complexity index is 2170. The van der Waals surface area contributed by atoms with Crippen LogP contribution < -0.4 is 0 Å². The fourth-order valence-electron chi connectivity index (χ4n) is 6.75. The summed E-state index contributed by atoms with van der Waals surface area (Å²) in [6.45, 7) is 4.01. The van der Waals surface area contributed by atoms with Crippen LogP contribution in [0.1, 0.15) is 12.5 Å². The lowest BCUT2D eigenvalue weighted by atomic mass is 10.1. The lowest BCUT2D eigenvalue weighted by Gasteiger charge is -2.12. The first-order valence-electron chi connectivity index (χ1n) is 13.1. The summed E-state index contributed by atoms with van der Waals surface area (Å²) in [5.74, 6) is 0. The van der Waals surface area contributed by atoms with E-state index in [2.05, 4.69) is 131 Å². The van der Waals surface area contributed by atoms with Crippen molar-refractivity contribution in [3.8, 4) is 0 Å². The second-order valence-electron chi connectivity index (χ2n) is 10.1. The zero-order valence-electron chi connectivity index (χ0n) is 21.1. The molecule has 0 bridgehead atoms. The lowest BCUT2D eigenvalue weighted by Crippen LogP contribution is -2.02. The third kappa shape index (κ3) is 2.66. The predicted octanol–water partition coefficient (Wildman–Crippen LogP) is 8.62. The van der Waals surface area contributed by atoms with Gasteiger partial charge >= 0.3 is 0 Å². The van der Waals surface area contributed by atoms with Gasteiger partial charge in [-0.05, 0) is 36.8 Å². The summed E-state index contributed by atoms with van der Waals surface area (Å²) in [7, 11) is 2.18. The first-order chi connectivity index (χ1) is 18.3. The van der Waals surface area contributed by atoms with E-state index in [4.69, 9.17) is 0 Å². The molecule has 8 rings (SSSR count). The van der Waals surface area contributed by atoms with E-state index in [0.29, 0.717) is 0 Å². The van der Waals surface area contributed by atoms with Crippen molar-refractivity contribution in [1.29, 1.82) is 0 Å². The molecule has 0 unspecified atom stereocenters. The molecule has 0 saturated carbocycles. The quantitative estimate of drug-likeness (QED) is 0.242. The Hall–Kier alpha value is -4.50. The largest absolute Gasteiger partial charge is 0.344 e. The van der Waals surface area contributed by atoms with E-state index in [9.17, 15) is 0 Å². The van der Waals surface area contributed by atoms with Gasteiger partial charge in [-0.1, -0.05) is 78.9 Å². The number of benzene rings is 5. The molecule has 0 amide bonds. The molecule has 0 N–H and O–H groups in total. The monoisotopic (exact) mass is 477 g/mol. The predicted molar refractivity (Wildman–Crippen MR) is 158 cm³/mol. The second kappa shape index (κ2) is 7.50. The molecule has 0 radical (unpaired) electrons. The van der Waals surface area contributed by atoms with Crippen LogP contribution in [0, 0.1) is 0 Å². The Kier molecular flexibility index (Phi) is 4.19. The smallest absolute Gasteiger partial charge is 0.0742 e. The number of fused-ring (bicyclic) bond motifs is 10. The number of aromatic nitrogens is 3. The van der Waals surface area contributed by atoms with Gasteiger partial charge in [0.15, 0.2) is 0 Å². The molecule has 0 saturated heterocycles. The van der Waals surface area contributed by atoms with Crippen molar-refractivity contribution in [2.24, 2.45) is 7.05 Å². The van der Waals surface area contributed by atoms with E-state index in [0.717, 1.165) is 13.1 Å². The lowest BCUT2D eigenvalue weighted by molar-refractivity contribution is 0.821. The van der Waals surface area contributed by atoms with E-state index < -0.39 is 0 Å². The van der Waals surface area contributed by atoms with Crippen LogP contribution in [0.3, 0.4) is 0 Å². The van der Waals surface area contributed by atoms with Crippen LogP contribution in [0.2, 0.25) is 0 Å². The Labute approximate surface area is 214 Å². The maximum Gasteiger partial charge on any atom is 0.0742 e. The van der Waals surface area contributed by atoms with E-state index >= 15 is 0 Å². The van der Waals surface area contributed by atoms with Gasteiger partial charge < -0.3 is 13.7 Å². The Morgan fingerprint density at radius 1 is 0.486 bits per heavy atom. The molecule has 3 aromatic heterocycles. The van der Waals surface area contributed by atoms with Gasteiger partial charge in [0.25, 0.3) is 0 Å². The molecule has 178 valence electrons. The average molecular weight is 478 g/mol. The van der Waals surface area contributed by atoms with Gasteiger partial charge in [-0.15, -0.1) is 0 Å². The van der Waals surface area contributed by atoms with Crippen molar-refractivity contribution in [3.05, 3.63) is 109 Å². The molecule has 3 heterocycles. The highest BCUT2D eigenvalue weighted by molar-refractivity contribution is 6.22. The van der Waals surface area contributed by atoms with Gasteiger partial charge in [0.1, 0.15) is 0 Å². The van der Waals surface area contributed by atoms with Gasteiger partial charge in [0, 0.05) is 74.5 Å². The summed E-state index contributed by atoms with van der Waals surface area (Å²) in [5.41, 5.74) is 9.17. The molecule has 0 atom stereocenters. The molecular formula is C34H27N3. The van der Waals surface area contributed by atoms with Crippen molar-refractivity contribution in [2.75, 3.05) is 0 Å². The van der Waals surface area contributed by atoms with Crippen molar-refractivity contribution in [3.63, 3.8) is 0 Å². The van der Waals surface area contributed by atoms with Crippen LogP contribution in [0.15, 0.2) is 103 Å². The molecule has 5 aromatic carbocycles. The number of hydrogen-bond donors (Lipinski definition) is 0. The highest BCUT2D eigenvalue weighted by atomic mass is 15.0. The summed E-state index contributed by atoms with van der Waals surface area (Å²) in [4.78, 5) is 0. The number of aryl methyl sites for hydroxylation is 2. The molecule has 0 aliphatic rings. The maximum absolute atomic E-state index is 2.56. The molecule has 37 heavy (non-hydrogen) atoms. The van der Waals surface area contributed by atoms with Crippen LogP contribution in [0.5, 0.6) is 0 Å². The third-order valence-electron chi connectivity index (χ3n) is 8.33. The molecule has 0 aliphatic carbocycles. The minimum absolute atomic E-state index is 0.819. The first kappa shape index (κ1) is 20.7. The van der Waals surface area contributed by atoms with Gasteiger partial charge in [-0.3, -0.25) is 0 Å². The first-order valence-corrected chi connectivity index (χ1v) is 13.1. The molecular weight excluding hydrogens is 450 g/mol. The normalized spacial score (nSPS) is 12.3. The average Bonchev–Trinajstić information content (AvgIpc) is 3.55. The Morgan fingerprint density at radius 2 is 1.03 bits per heavy atom. The van der Waals surface area contributed by atoms with Gasteiger partial charge in [0.2, 0.25) is 0 Å². The van der Waals surface area contributed by atoms with Crippen molar-refractivity contribution in [1.82, 2.24) is 13.7 Å². The van der Waals surface area contributed by atoms with Gasteiger partial charge in [-0.2, -0.15) is 0 Å². The minimum atomic E-state index is 0.819.